The Bertz CT molecular complexity index is 424. The third kappa shape index (κ3) is 2.34. The molecule has 0 bridgehead atoms. The van der Waals surface area contributed by atoms with Crippen molar-refractivity contribution in [1.29, 1.82) is 0 Å². The SMILES string of the molecule is CC(=O)Nc1c(C(=O)O)ccc(C)c1C. The van der Waals surface area contributed by atoms with Gasteiger partial charge in [0, 0.05) is 6.92 Å². The average molecular weight is 207 g/mol. The van der Waals surface area contributed by atoms with Crippen LogP contribution in [-0.4, -0.2) is 17.0 Å². The first-order valence-electron chi connectivity index (χ1n) is 4.54. The molecule has 0 heterocycles. The lowest BCUT2D eigenvalue weighted by Crippen LogP contribution is -2.12. The third-order valence-electron chi connectivity index (χ3n) is 2.27. The van der Waals surface area contributed by atoms with Gasteiger partial charge in [-0.25, -0.2) is 4.79 Å². The van der Waals surface area contributed by atoms with Gasteiger partial charge in [-0.2, -0.15) is 0 Å². The molecule has 0 aliphatic carbocycles. The highest BCUT2D eigenvalue weighted by molar-refractivity contribution is 6.01. The summed E-state index contributed by atoms with van der Waals surface area (Å²) in [4.78, 5) is 21.9. The van der Waals surface area contributed by atoms with Crippen molar-refractivity contribution in [3.05, 3.63) is 28.8 Å². The first-order chi connectivity index (χ1) is 6.93. The lowest BCUT2D eigenvalue weighted by molar-refractivity contribution is -0.114. The highest BCUT2D eigenvalue weighted by atomic mass is 16.4. The molecule has 0 aromatic heterocycles. The van der Waals surface area contributed by atoms with Crippen molar-refractivity contribution >= 4 is 17.6 Å². The summed E-state index contributed by atoms with van der Waals surface area (Å²) in [7, 11) is 0. The molecular weight excluding hydrogens is 194 g/mol. The third-order valence-corrected chi connectivity index (χ3v) is 2.27. The largest absolute Gasteiger partial charge is 0.478 e. The number of carbonyl (C=O) groups excluding carboxylic acids is 1. The molecule has 0 unspecified atom stereocenters. The van der Waals surface area contributed by atoms with Crippen LogP contribution in [0.15, 0.2) is 12.1 Å². The number of carboxylic acids is 1. The molecule has 0 aliphatic rings. The lowest BCUT2D eigenvalue weighted by atomic mass is 10.0. The molecule has 0 spiro atoms. The molecule has 0 radical (unpaired) electrons. The van der Waals surface area contributed by atoms with Crippen molar-refractivity contribution in [2.75, 3.05) is 5.32 Å². The van der Waals surface area contributed by atoms with Crippen LogP contribution in [0.5, 0.6) is 0 Å². The number of aryl methyl sites for hydroxylation is 1. The Labute approximate surface area is 87.9 Å². The Kier molecular flexibility index (Phi) is 3.09. The molecule has 0 fully saturated rings. The van der Waals surface area contributed by atoms with Gasteiger partial charge in [-0.05, 0) is 31.0 Å². The van der Waals surface area contributed by atoms with Gasteiger partial charge in [0.2, 0.25) is 5.91 Å². The highest BCUT2D eigenvalue weighted by Gasteiger charge is 2.14. The van der Waals surface area contributed by atoms with Crippen LogP contribution in [0.4, 0.5) is 5.69 Å². The molecule has 2 N–H and O–H groups in total. The summed E-state index contributed by atoms with van der Waals surface area (Å²) in [6.07, 6.45) is 0. The summed E-state index contributed by atoms with van der Waals surface area (Å²) < 4.78 is 0. The number of aromatic carboxylic acids is 1. The Hall–Kier alpha value is -1.84. The molecule has 4 nitrogen and oxygen atoms in total. The zero-order valence-corrected chi connectivity index (χ0v) is 8.92. The van der Waals surface area contributed by atoms with Crippen molar-refractivity contribution in [2.45, 2.75) is 20.8 Å². The number of carbonyl (C=O) groups is 2. The van der Waals surface area contributed by atoms with Crippen LogP contribution in [0.1, 0.15) is 28.4 Å². The van der Waals surface area contributed by atoms with E-state index in [0.717, 1.165) is 11.1 Å². The molecule has 1 aromatic rings. The quantitative estimate of drug-likeness (QED) is 0.779. The fraction of sp³-hybridized carbons (Fsp3) is 0.273. The Morgan fingerprint density at radius 3 is 2.33 bits per heavy atom. The molecule has 1 aromatic carbocycles. The minimum Gasteiger partial charge on any atom is -0.478 e. The van der Waals surface area contributed by atoms with E-state index >= 15 is 0 Å². The summed E-state index contributed by atoms with van der Waals surface area (Å²) in [6, 6.07) is 3.22. The minimum absolute atomic E-state index is 0.119. The van der Waals surface area contributed by atoms with Crippen molar-refractivity contribution in [3.8, 4) is 0 Å². The highest BCUT2D eigenvalue weighted by Crippen LogP contribution is 2.23. The normalized spacial score (nSPS) is 9.80. The summed E-state index contributed by atoms with van der Waals surface area (Å²) >= 11 is 0. The number of carboxylic acid groups (broad SMARTS) is 1. The second-order valence-electron chi connectivity index (χ2n) is 3.42. The summed E-state index contributed by atoms with van der Waals surface area (Å²) in [5.41, 5.74) is 2.23. The number of benzene rings is 1. The maximum absolute atomic E-state index is 10.9. The molecule has 1 amide bonds. The van der Waals surface area contributed by atoms with Crippen LogP contribution in [-0.2, 0) is 4.79 Å². The van der Waals surface area contributed by atoms with Gasteiger partial charge in [-0.15, -0.1) is 0 Å². The number of hydrogen-bond acceptors (Lipinski definition) is 2. The van der Waals surface area contributed by atoms with Gasteiger partial charge in [-0.1, -0.05) is 6.07 Å². The predicted octanol–water partition coefficient (Wildman–Crippen LogP) is 1.96. The fourth-order valence-corrected chi connectivity index (χ4v) is 1.33. The Balaban J connectivity index is 3.34. The molecule has 0 saturated heterocycles. The topological polar surface area (TPSA) is 66.4 Å². The number of anilines is 1. The molecule has 0 saturated carbocycles. The van der Waals surface area contributed by atoms with E-state index in [-0.39, 0.29) is 11.5 Å². The van der Waals surface area contributed by atoms with Gasteiger partial charge >= 0.3 is 5.97 Å². The van der Waals surface area contributed by atoms with Gasteiger partial charge in [-0.3, -0.25) is 4.79 Å². The van der Waals surface area contributed by atoms with Crippen molar-refractivity contribution in [3.63, 3.8) is 0 Å². The van der Waals surface area contributed by atoms with Gasteiger partial charge in [0.25, 0.3) is 0 Å². The standard InChI is InChI=1S/C11H13NO3/c1-6-4-5-9(11(14)15)10(7(6)2)12-8(3)13/h4-5H,1-3H3,(H,12,13)(H,14,15). The zero-order chi connectivity index (χ0) is 11.6. The summed E-state index contributed by atoms with van der Waals surface area (Å²) in [6.45, 7) is 5.01. The predicted molar refractivity (Wildman–Crippen MR) is 57.2 cm³/mol. The number of nitrogens with one attached hydrogen (secondary N) is 1. The lowest BCUT2D eigenvalue weighted by Gasteiger charge is -2.12. The second kappa shape index (κ2) is 4.13. The smallest absolute Gasteiger partial charge is 0.337 e. The van der Waals surface area contributed by atoms with Crippen molar-refractivity contribution < 1.29 is 14.7 Å². The second-order valence-corrected chi connectivity index (χ2v) is 3.42. The van der Waals surface area contributed by atoms with E-state index in [2.05, 4.69) is 5.32 Å². The van der Waals surface area contributed by atoms with Gasteiger partial charge in [0.05, 0.1) is 11.3 Å². The van der Waals surface area contributed by atoms with E-state index in [0.29, 0.717) is 5.69 Å². The van der Waals surface area contributed by atoms with E-state index < -0.39 is 5.97 Å². The van der Waals surface area contributed by atoms with E-state index in [1.807, 2.05) is 6.92 Å². The first-order valence-corrected chi connectivity index (χ1v) is 4.54. The molecule has 0 aliphatic heterocycles. The Morgan fingerprint density at radius 1 is 1.27 bits per heavy atom. The van der Waals surface area contributed by atoms with Crippen LogP contribution in [0, 0.1) is 13.8 Å². The fourth-order valence-electron chi connectivity index (χ4n) is 1.33. The van der Waals surface area contributed by atoms with Crippen LogP contribution < -0.4 is 5.32 Å². The molecule has 1 rings (SSSR count). The van der Waals surface area contributed by atoms with Crippen LogP contribution in [0.3, 0.4) is 0 Å². The van der Waals surface area contributed by atoms with Crippen LogP contribution >= 0.6 is 0 Å². The van der Waals surface area contributed by atoms with E-state index in [9.17, 15) is 9.59 Å². The molecule has 4 heteroatoms. The zero-order valence-electron chi connectivity index (χ0n) is 8.92. The van der Waals surface area contributed by atoms with Gasteiger partial charge < -0.3 is 10.4 Å². The number of amides is 1. The monoisotopic (exact) mass is 207 g/mol. The maximum Gasteiger partial charge on any atom is 0.337 e. The molecule has 80 valence electrons. The molecular formula is C11H13NO3. The van der Waals surface area contributed by atoms with Crippen LogP contribution in [0.25, 0.3) is 0 Å². The Morgan fingerprint density at radius 2 is 1.87 bits per heavy atom. The van der Waals surface area contributed by atoms with E-state index in [4.69, 9.17) is 5.11 Å². The van der Waals surface area contributed by atoms with Crippen LogP contribution in [0.2, 0.25) is 0 Å². The average Bonchev–Trinajstić information content (AvgIpc) is 2.12. The maximum atomic E-state index is 10.9. The van der Waals surface area contributed by atoms with Crippen molar-refractivity contribution in [2.24, 2.45) is 0 Å². The number of rotatable bonds is 2. The number of hydrogen-bond donors (Lipinski definition) is 2. The molecule has 15 heavy (non-hydrogen) atoms. The van der Waals surface area contributed by atoms with E-state index in [1.54, 1.807) is 13.0 Å². The summed E-state index contributed by atoms with van der Waals surface area (Å²) in [5, 5.41) is 11.5. The van der Waals surface area contributed by atoms with Gasteiger partial charge in [0.1, 0.15) is 0 Å². The van der Waals surface area contributed by atoms with Crippen molar-refractivity contribution in [1.82, 2.24) is 0 Å². The minimum atomic E-state index is -1.04. The molecule has 0 atom stereocenters. The summed E-state index contributed by atoms with van der Waals surface area (Å²) in [5.74, 6) is -1.31. The van der Waals surface area contributed by atoms with Gasteiger partial charge in [0.15, 0.2) is 0 Å². The van der Waals surface area contributed by atoms with E-state index in [1.165, 1.54) is 13.0 Å². The first kappa shape index (κ1) is 11.2.